The quantitative estimate of drug-likeness (QED) is 0.431. The predicted molar refractivity (Wildman–Crippen MR) is 142 cm³/mol. The summed E-state index contributed by atoms with van der Waals surface area (Å²) >= 11 is 3.50. The summed E-state index contributed by atoms with van der Waals surface area (Å²) in [5.41, 5.74) is 2.24. The Kier molecular flexibility index (Phi) is 8.85. The molecule has 10 heteroatoms. The fraction of sp³-hybridized carbons (Fsp3) is 0.250. The van der Waals surface area contributed by atoms with E-state index in [1.165, 1.54) is 14.2 Å². The van der Waals surface area contributed by atoms with Crippen LogP contribution in [0.15, 0.2) is 71.2 Å². The van der Waals surface area contributed by atoms with Gasteiger partial charge in [-0.1, -0.05) is 42.5 Å². The molecular formula is C28H27BrN2O7. The molecule has 0 spiro atoms. The first-order chi connectivity index (χ1) is 18.4. The van der Waals surface area contributed by atoms with Crippen LogP contribution in [0.5, 0.6) is 17.2 Å². The average Bonchev–Trinajstić information content (AvgIpc) is 2.92. The maximum atomic E-state index is 13.4. The number of carbonyl (C=O) groups is 3. The molecule has 0 saturated heterocycles. The first kappa shape index (κ1) is 27.0. The van der Waals surface area contributed by atoms with Gasteiger partial charge in [0.15, 0.2) is 11.5 Å². The Morgan fingerprint density at radius 2 is 1.76 bits per heavy atom. The molecule has 2 heterocycles. The minimum atomic E-state index is -1.07. The van der Waals surface area contributed by atoms with Crippen molar-refractivity contribution < 1.29 is 33.3 Å². The first-order valence-corrected chi connectivity index (χ1v) is 12.6. The van der Waals surface area contributed by atoms with Crippen molar-refractivity contribution in [2.24, 2.45) is 0 Å². The summed E-state index contributed by atoms with van der Waals surface area (Å²) in [6.07, 6.45) is -0.510. The number of rotatable bonds is 5. The Morgan fingerprint density at radius 1 is 1.03 bits per heavy atom. The van der Waals surface area contributed by atoms with Crippen molar-refractivity contribution in [3.63, 3.8) is 0 Å². The summed E-state index contributed by atoms with van der Waals surface area (Å²) in [6.45, 7) is 0.0352. The number of carbonyl (C=O) groups excluding carboxylic acids is 3. The highest BCUT2D eigenvalue weighted by molar-refractivity contribution is 9.10. The molecule has 2 N–H and O–H groups in total. The van der Waals surface area contributed by atoms with Gasteiger partial charge in [-0.05, 0) is 56.9 Å². The number of methoxy groups -OCH3 is 2. The topological polar surface area (TPSA) is 112 Å². The lowest BCUT2D eigenvalue weighted by molar-refractivity contribution is -0.145. The van der Waals surface area contributed by atoms with E-state index >= 15 is 0 Å². The summed E-state index contributed by atoms with van der Waals surface area (Å²) in [5, 5.41) is 5.37. The van der Waals surface area contributed by atoms with Crippen LogP contribution in [0.25, 0.3) is 0 Å². The van der Waals surface area contributed by atoms with E-state index in [1.807, 2.05) is 30.3 Å². The van der Waals surface area contributed by atoms with E-state index in [1.54, 1.807) is 36.4 Å². The van der Waals surface area contributed by atoms with Crippen molar-refractivity contribution in [2.45, 2.75) is 31.5 Å². The van der Waals surface area contributed by atoms with Crippen LogP contribution >= 0.6 is 15.9 Å². The van der Waals surface area contributed by atoms with Crippen LogP contribution in [-0.4, -0.2) is 44.3 Å². The standard InChI is InChI=1S/C28H27BrN2O7/c1-35-25-21(29)12-19-14-22(31-28(34)37-16-18-6-4-3-5-7-18)26(32)30-23(27(33)36-2)13-17-8-10-20(11-9-17)38-24(25)15-19/h3-12,15,22-23H,13-14,16H2,1-2H3,(H,30,32)(H,31,34)/t22-,23-/m0/s1. The second kappa shape index (κ2) is 12.5. The molecule has 5 rings (SSSR count). The third-order valence-electron chi connectivity index (χ3n) is 5.93. The zero-order valence-corrected chi connectivity index (χ0v) is 22.4. The smallest absolute Gasteiger partial charge is 0.408 e. The summed E-state index contributed by atoms with van der Waals surface area (Å²) < 4.78 is 22.5. The van der Waals surface area contributed by atoms with Gasteiger partial charge in [0.1, 0.15) is 24.4 Å². The Hall–Kier alpha value is -4.05. The number of benzene rings is 3. The molecule has 3 aromatic rings. The number of esters is 1. The number of halogens is 1. The highest BCUT2D eigenvalue weighted by Crippen LogP contribution is 2.39. The lowest BCUT2D eigenvalue weighted by atomic mass is 10.0. The molecule has 0 fully saturated rings. The number of ether oxygens (including phenoxy) is 4. The molecule has 0 aliphatic carbocycles. The Bertz CT molecular complexity index is 1300. The Labute approximate surface area is 228 Å². The highest BCUT2D eigenvalue weighted by atomic mass is 79.9. The Balaban J connectivity index is 1.65. The van der Waals surface area contributed by atoms with Gasteiger partial charge in [-0.2, -0.15) is 0 Å². The highest BCUT2D eigenvalue weighted by Gasteiger charge is 2.29. The van der Waals surface area contributed by atoms with E-state index in [0.29, 0.717) is 27.3 Å². The maximum Gasteiger partial charge on any atom is 0.408 e. The van der Waals surface area contributed by atoms with Crippen molar-refractivity contribution in [1.29, 1.82) is 0 Å². The molecule has 0 aromatic heterocycles. The predicted octanol–water partition coefficient (Wildman–Crippen LogP) is 4.30. The largest absolute Gasteiger partial charge is 0.492 e. The fourth-order valence-electron chi connectivity index (χ4n) is 4.03. The van der Waals surface area contributed by atoms with Gasteiger partial charge in [-0.15, -0.1) is 0 Å². The SMILES string of the molecule is COC(=O)[C@@H]1Cc2ccc(cc2)Oc2cc(cc(Br)c2OC)C[C@H](NC(=O)OCc2ccccc2)C(=O)N1. The number of amides is 2. The fourth-order valence-corrected chi connectivity index (χ4v) is 4.68. The number of alkyl carbamates (subject to hydrolysis) is 1. The molecule has 198 valence electrons. The van der Waals surface area contributed by atoms with Crippen molar-refractivity contribution in [2.75, 3.05) is 14.2 Å². The summed E-state index contributed by atoms with van der Waals surface area (Å²) in [6, 6.07) is 17.8. The van der Waals surface area contributed by atoms with Crippen molar-refractivity contribution >= 4 is 33.9 Å². The van der Waals surface area contributed by atoms with Crippen LogP contribution in [0.2, 0.25) is 0 Å². The van der Waals surface area contributed by atoms with Gasteiger partial charge in [0.25, 0.3) is 0 Å². The van der Waals surface area contributed by atoms with Crippen LogP contribution in [0, 0.1) is 0 Å². The van der Waals surface area contributed by atoms with E-state index in [4.69, 9.17) is 18.9 Å². The molecule has 2 aliphatic heterocycles. The zero-order chi connectivity index (χ0) is 27.1. The molecule has 0 unspecified atom stereocenters. The molecule has 3 aromatic carbocycles. The van der Waals surface area contributed by atoms with E-state index in [0.717, 1.165) is 11.1 Å². The molecule has 9 nitrogen and oxygen atoms in total. The van der Waals surface area contributed by atoms with E-state index in [2.05, 4.69) is 26.6 Å². The molecule has 0 radical (unpaired) electrons. The number of nitrogens with one attached hydrogen (secondary N) is 2. The van der Waals surface area contributed by atoms with Crippen LogP contribution < -0.4 is 20.1 Å². The molecular weight excluding hydrogens is 556 g/mol. The van der Waals surface area contributed by atoms with E-state index < -0.39 is 30.1 Å². The van der Waals surface area contributed by atoms with Gasteiger partial charge in [-0.25, -0.2) is 9.59 Å². The average molecular weight is 583 g/mol. The second-order valence-corrected chi connectivity index (χ2v) is 9.46. The minimum Gasteiger partial charge on any atom is -0.492 e. The molecule has 2 amide bonds. The van der Waals surface area contributed by atoms with Gasteiger partial charge in [-0.3, -0.25) is 4.79 Å². The van der Waals surface area contributed by atoms with Gasteiger partial charge in [0, 0.05) is 12.8 Å². The van der Waals surface area contributed by atoms with Gasteiger partial charge in [0.05, 0.1) is 18.7 Å². The molecule has 0 saturated carbocycles. The minimum absolute atomic E-state index is 0.0352. The van der Waals surface area contributed by atoms with Crippen molar-refractivity contribution in [1.82, 2.24) is 10.6 Å². The van der Waals surface area contributed by atoms with Crippen LogP contribution in [-0.2, 0) is 38.5 Å². The molecule has 4 bridgehead atoms. The van der Waals surface area contributed by atoms with E-state index in [-0.39, 0.29) is 19.4 Å². The third kappa shape index (κ3) is 6.83. The molecule has 2 atom stereocenters. The van der Waals surface area contributed by atoms with Gasteiger partial charge < -0.3 is 29.6 Å². The second-order valence-electron chi connectivity index (χ2n) is 8.61. The van der Waals surface area contributed by atoms with Gasteiger partial charge in [0.2, 0.25) is 5.91 Å². The van der Waals surface area contributed by atoms with Gasteiger partial charge >= 0.3 is 12.1 Å². The first-order valence-electron chi connectivity index (χ1n) is 11.8. The summed E-state index contributed by atoms with van der Waals surface area (Å²) in [5.74, 6) is 0.295. The van der Waals surface area contributed by atoms with Crippen LogP contribution in [0.1, 0.15) is 16.7 Å². The summed E-state index contributed by atoms with van der Waals surface area (Å²) in [7, 11) is 2.78. The lowest BCUT2D eigenvalue weighted by Crippen LogP contribution is -2.53. The molecule has 2 aliphatic rings. The van der Waals surface area contributed by atoms with Crippen LogP contribution in [0.3, 0.4) is 0 Å². The monoisotopic (exact) mass is 582 g/mol. The zero-order valence-electron chi connectivity index (χ0n) is 20.9. The Morgan fingerprint density at radius 3 is 2.45 bits per heavy atom. The normalized spacial score (nSPS) is 16.9. The van der Waals surface area contributed by atoms with E-state index in [9.17, 15) is 14.4 Å². The number of hydrogen-bond acceptors (Lipinski definition) is 7. The third-order valence-corrected chi connectivity index (χ3v) is 6.52. The number of hydrogen-bond donors (Lipinski definition) is 2. The molecule has 38 heavy (non-hydrogen) atoms. The lowest BCUT2D eigenvalue weighted by Gasteiger charge is -2.23. The van der Waals surface area contributed by atoms with Crippen molar-refractivity contribution in [3.05, 3.63) is 87.9 Å². The van der Waals surface area contributed by atoms with Crippen LogP contribution in [0.4, 0.5) is 4.79 Å². The number of fused-ring (bicyclic) bond motifs is 7. The maximum absolute atomic E-state index is 13.4. The summed E-state index contributed by atoms with van der Waals surface area (Å²) in [4.78, 5) is 38.6. The van der Waals surface area contributed by atoms with Crippen molar-refractivity contribution in [3.8, 4) is 17.2 Å².